The zero-order valence-corrected chi connectivity index (χ0v) is 11.9. The normalized spacial score (nSPS) is 18.5. The van der Waals surface area contributed by atoms with Crippen molar-refractivity contribution >= 4 is 5.78 Å². The molecule has 0 unspecified atom stereocenters. The van der Waals surface area contributed by atoms with Crippen molar-refractivity contribution in [2.24, 2.45) is 0 Å². The number of alkyl halides is 3. The average Bonchev–Trinajstić information content (AvgIpc) is 2.96. The van der Waals surface area contributed by atoms with E-state index in [1.165, 1.54) is 0 Å². The predicted molar refractivity (Wildman–Crippen MR) is 72.2 cm³/mol. The molecule has 122 valence electrons. The zero-order chi connectivity index (χ0) is 16.2. The number of Topliss-reactive ketones (excluding diaryl/α,β-unsaturated/α-hetero) is 1. The van der Waals surface area contributed by atoms with Gasteiger partial charge in [-0.15, -0.1) is 0 Å². The van der Waals surface area contributed by atoms with E-state index >= 15 is 0 Å². The van der Waals surface area contributed by atoms with Crippen LogP contribution in [0, 0.1) is 5.82 Å². The summed E-state index contributed by atoms with van der Waals surface area (Å²) >= 11 is 0. The van der Waals surface area contributed by atoms with Crippen molar-refractivity contribution in [2.45, 2.75) is 37.9 Å². The molecular formula is C15H17F4NO2. The van der Waals surface area contributed by atoms with Crippen molar-refractivity contribution in [1.82, 2.24) is 5.32 Å². The first-order valence-corrected chi connectivity index (χ1v) is 7.13. The Hall–Kier alpha value is -1.63. The minimum atomic E-state index is -4.62. The van der Waals surface area contributed by atoms with E-state index in [0.717, 1.165) is 31.5 Å². The SMILES string of the molecule is O=C(CCCOc1cc(F)cc(C(F)(F)F)c1)[C@@H]1CCCN1. The van der Waals surface area contributed by atoms with Crippen molar-refractivity contribution in [1.29, 1.82) is 0 Å². The highest BCUT2D eigenvalue weighted by Gasteiger charge is 2.31. The van der Waals surface area contributed by atoms with Crippen molar-refractivity contribution in [2.75, 3.05) is 13.2 Å². The van der Waals surface area contributed by atoms with Crippen LogP contribution in [-0.4, -0.2) is 25.0 Å². The van der Waals surface area contributed by atoms with Gasteiger partial charge >= 0.3 is 6.18 Å². The summed E-state index contributed by atoms with van der Waals surface area (Å²) in [7, 11) is 0. The summed E-state index contributed by atoms with van der Waals surface area (Å²) in [6.07, 6.45) is -2.16. The molecule has 0 aromatic heterocycles. The van der Waals surface area contributed by atoms with E-state index in [0.29, 0.717) is 18.9 Å². The minimum Gasteiger partial charge on any atom is -0.493 e. The van der Waals surface area contributed by atoms with Crippen LogP contribution in [0.15, 0.2) is 18.2 Å². The average molecular weight is 319 g/mol. The first kappa shape index (κ1) is 16.7. The second kappa shape index (κ2) is 7.09. The van der Waals surface area contributed by atoms with Crippen LogP contribution >= 0.6 is 0 Å². The largest absolute Gasteiger partial charge is 0.493 e. The van der Waals surface area contributed by atoms with E-state index in [1.807, 2.05) is 0 Å². The zero-order valence-electron chi connectivity index (χ0n) is 11.9. The van der Waals surface area contributed by atoms with Crippen LogP contribution in [0.4, 0.5) is 17.6 Å². The molecule has 1 aliphatic heterocycles. The van der Waals surface area contributed by atoms with Crippen LogP contribution in [-0.2, 0) is 11.0 Å². The molecule has 1 fully saturated rings. The van der Waals surface area contributed by atoms with Gasteiger partial charge in [0.25, 0.3) is 0 Å². The van der Waals surface area contributed by atoms with Crippen LogP contribution in [0.5, 0.6) is 5.75 Å². The van der Waals surface area contributed by atoms with Crippen LogP contribution in [0.1, 0.15) is 31.2 Å². The molecule has 0 saturated carbocycles. The minimum absolute atomic E-state index is 0.0687. The smallest absolute Gasteiger partial charge is 0.416 e. The van der Waals surface area contributed by atoms with Gasteiger partial charge in [0.15, 0.2) is 0 Å². The second-order valence-corrected chi connectivity index (χ2v) is 5.24. The molecule has 0 amide bonds. The fraction of sp³-hybridized carbons (Fsp3) is 0.533. The van der Waals surface area contributed by atoms with Gasteiger partial charge in [-0.2, -0.15) is 13.2 Å². The Labute approximate surface area is 125 Å². The third-order valence-corrected chi connectivity index (χ3v) is 3.48. The highest BCUT2D eigenvalue weighted by Crippen LogP contribution is 2.32. The third-order valence-electron chi connectivity index (χ3n) is 3.48. The van der Waals surface area contributed by atoms with Gasteiger partial charge in [-0.3, -0.25) is 4.79 Å². The molecule has 0 bridgehead atoms. The second-order valence-electron chi connectivity index (χ2n) is 5.24. The van der Waals surface area contributed by atoms with Gasteiger partial charge in [-0.25, -0.2) is 4.39 Å². The molecule has 0 spiro atoms. The van der Waals surface area contributed by atoms with Crippen molar-refractivity contribution in [3.8, 4) is 5.75 Å². The summed E-state index contributed by atoms with van der Waals surface area (Å²) in [5, 5.41) is 3.08. The number of hydrogen-bond acceptors (Lipinski definition) is 3. The highest BCUT2D eigenvalue weighted by molar-refractivity contribution is 5.84. The summed E-state index contributed by atoms with van der Waals surface area (Å²) in [4.78, 5) is 11.8. The lowest BCUT2D eigenvalue weighted by Crippen LogP contribution is -2.30. The summed E-state index contributed by atoms with van der Waals surface area (Å²) in [6.45, 7) is 0.898. The van der Waals surface area contributed by atoms with Crippen LogP contribution in [0.2, 0.25) is 0 Å². The van der Waals surface area contributed by atoms with E-state index in [2.05, 4.69) is 5.32 Å². The quantitative estimate of drug-likeness (QED) is 0.646. The molecule has 1 aliphatic rings. The van der Waals surface area contributed by atoms with Gasteiger partial charge < -0.3 is 10.1 Å². The Kier molecular flexibility index (Phi) is 5.39. The molecule has 0 aliphatic carbocycles. The third kappa shape index (κ3) is 4.69. The van der Waals surface area contributed by atoms with Crippen LogP contribution < -0.4 is 10.1 Å². The Morgan fingerprint density at radius 1 is 1.32 bits per heavy atom. The predicted octanol–water partition coefficient (Wildman–Crippen LogP) is 3.32. The lowest BCUT2D eigenvalue weighted by molar-refractivity contribution is -0.137. The van der Waals surface area contributed by atoms with Gasteiger partial charge in [-0.1, -0.05) is 0 Å². The van der Waals surface area contributed by atoms with Gasteiger partial charge in [-0.05, 0) is 37.9 Å². The van der Waals surface area contributed by atoms with Gasteiger partial charge in [0.05, 0.1) is 18.2 Å². The molecule has 0 radical (unpaired) electrons. The fourth-order valence-corrected chi connectivity index (χ4v) is 2.38. The number of halogens is 4. The van der Waals surface area contributed by atoms with Crippen LogP contribution in [0.3, 0.4) is 0 Å². The summed E-state index contributed by atoms with van der Waals surface area (Å²) in [6, 6.07) is 1.95. The maximum absolute atomic E-state index is 13.2. The number of carbonyl (C=O) groups excluding carboxylic acids is 1. The number of carbonyl (C=O) groups is 1. The fourth-order valence-electron chi connectivity index (χ4n) is 2.38. The molecule has 1 N–H and O–H groups in total. The molecule has 1 aromatic carbocycles. The van der Waals surface area contributed by atoms with Crippen molar-refractivity contribution in [3.63, 3.8) is 0 Å². The first-order valence-electron chi connectivity index (χ1n) is 7.13. The molecular weight excluding hydrogens is 302 g/mol. The van der Waals surface area contributed by atoms with E-state index in [9.17, 15) is 22.4 Å². The van der Waals surface area contributed by atoms with Crippen molar-refractivity contribution in [3.05, 3.63) is 29.6 Å². The Morgan fingerprint density at radius 2 is 2.09 bits per heavy atom. The number of nitrogens with one attached hydrogen (secondary N) is 1. The summed E-state index contributed by atoms with van der Waals surface area (Å²) < 4.78 is 55.9. The summed E-state index contributed by atoms with van der Waals surface area (Å²) in [5.74, 6) is -1.11. The molecule has 1 aromatic rings. The van der Waals surface area contributed by atoms with E-state index in [1.54, 1.807) is 0 Å². The van der Waals surface area contributed by atoms with E-state index in [-0.39, 0.29) is 24.2 Å². The lowest BCUT2D eigenvalue weighted by atomic mass is 10.1. The maximum Gasteiger partial charge on any atom is 0.416 e. The van der Waals surface area contributed by atoms with E-state index < -0.39 is 17.6 Å². The van der Waals surface area contributed by atoms with Gasteiger partial charge in [0.2, 0.25) is 0 Å². The monoisotopic (exact) mass is 319 g/mol. The molecule has 1 saturated heterocycles. The molecule has 3 nitrogen and oxygen atoms in total. The molecule has 7 heteroatoms. The molecule has 2 rings (SSSR count). The topological polar surface area (TPSA) is 38.3 Å². The highest BCUT2D eigenvalue weighted by atomic mass is 19.4. The number of ketones is 1. The molecule has 1 heterocycles. The Morgan fingerprint density at radius 3 is 2.73 bits per heavy atom. The Balaban J connectivity index is 1.81. The first-order chi connectivity index (χ1) is 10.4. The molecule has 22 heavy (non-hydrogen) atoms. The Bertz CT molecular complexity index is 525. The standard InChI is InChI=1S/C15H17F4NO2/c16-11-7-10(15(17,18)19)8-12(9-11)22-6-2-4-14(21)13-3-1-5-20-13/h7-9,13,20H,1-6H2/t13-/m0/s1. The van der Waals surface area contributed by atoms with Crippen LogP contribution in [0.25, 0.3) is 0 Å². The number of benzene rings is 1. The molecule has 1 atom stereocenters. The lowest BCUT2D eigenvalue weighted by Gasteiger charge is -2.11. The summed E-state index contributed by atoms with van der Waals surface area (Å²) in [5.41, 5.74) is -1.09. The number of ether oxygens (including phenoxy) is 1. The van der Waals surface area contributed by atoms with E-state index in [4.69, 9.17) is 4.74 Å². The maximum atomic E-state index is 13.2. The van der Waals surface area contributed by atoms with Gasteiger partial charge in [0, 0.05) is 12.5 Å². The van der Waals surface area contributed by atoms with Crippen molar-refractivity contribution < 1.29 is 27.1 Å². The van der Waals surface area contributed by atoms with Gasteiger partial charge in [0.1, 0.15) is 17.3 Å². The number of rotatable bonds is 6. The number of hydrogen-bond donors (Lipinski definition) is 1.